The molecule has 1 atom stereocenters. The molecule has 1 N–H and O–H groups in total. The van der Waals surface area contributed by atoms with E-state index in [4.69, 9.17) is 0 Å². The van der Waals surface area contributed by atoms with Gasteiger partial charge in [0.15, 0.2) is 0 Å². The van der Waals surface area contributed by atoms with E-state index in [2.05, 4.69) is 24.4 Å². The smallest absolute Gasteiger partial charge is 0.0104 e. The van der Waals surface area contributed by atoms with Gasteiger partial charge in [0, 0.05) is 6.04 Å². The van der Waals surface area contributed by atoms with E-state index in [0.29, 0.717) is 0 Å². The number of thioether (sulfide) groups is 1. The summed E-state index contributed by atoms with van der Waals surface area (Å²) in [7, 11) is 0. The van der Waals surface area contributed by atoms with Gasteiger partial charge < -0.3 is 5.32 Å². The van der Waals surface area contributed by atoms with Gasteiger partial charge in [0.2, 0.25) is 0 Å². The van der Waals surface area contributed by atoms with Crippen molar-refractivity contribution in [2.45, 2.75) is 38.6 Å². The topological polar surface area (TPSA) is 12.0 Å². The van der Waals surface area contributed by atoms with E-state index in [-0.39, 0.29) is 0 Å². The van der Waals surface area contributed by atoms with Gasteiger partial charge in [-0.2, -0.15) is 11.8 Å². The molecule has 2 heteroatoms. The second-order valence-electron chi connectivity index (χ2n) is 3.49. The summed E-state index contributed by atoms with van der Waals surface area (Å²) in [4.78, 5) is 0. The molecule has 0 aromatic rings. The standard InChI is InChI=1S/C11H21NS/c1-2-13-10-6-9-12-11-7-4-3-5-8-11/h3-4,11-12H,2,5-10H2,1H3. The molecule has 1 aliphatic rings. The lowest BCUT2D eigenvalue weighted by Gasteiger charge is -2.19. The zero-order chi connectivity index (χ0) is 9.36. The van der Waals surface area contributed by atoms with Crippen LogP contribution in [0.2, 0.25) is 0 Å². The minimum absolute atomic E-state index is 0.761. The second-order valence-corrected chi connectivity index (χ2v) is 4.88. The first-order chi connectivity index (χ1) is 6.43. The molecule has 1 aliphatic carbocycles. The molecule has 1 unspecified atom stereocenters. The highest BCUT2D eigenvalue weighted by Gasteiger charge is 2.07. The highest BCUT2D eigenvalue weighted by Crippen LogP contribution is 2.10. The largest absolute Gasteiger partial charge is 0.314 e. The van der Waals surface area contributed by atoms with Gasteiger partial charge in [0.05, 0.1) is 0 Å². The average Bonchev–Trinajstić information content (AvgIpc) is 2.19. The van der Waals surface area contributed by atoms with Gasteiger partial charge in [0.1, 0.15) is 0 Å². The Balaban J connectivity index is 1.90. The lowest BCUT2D eigenvalue weighted by molar-refractivity contribution is 0.476. The first-order valence-electron chi connectivity index (χ1n) is 5.39. The fraction of sp³-hybridized carbons (Fsp3) is 0.818. The van der Waals surface area contributed by atoms with Crippen LogP contribution >= 0.6 is 11.8 Å². The molecule has 0 saturated heterocycles. The van der Waals surface area contributed by atoms with Gasteiger partial charge in [-0.05, 0) is 43.7 Å². The Morgan fingerprint density at radius 3 is 3.08 bits per heavy atom. The highest BCUT2D eigenvalue weighted by molar-refractivity contribution is 7.99. The monoisotopic (exact) mass is 199 g/mol. The quantitative estimate of drug-likeness (QED) is 0.521. The number of hydrogen-bond acceptors (Lipinski definition) is 2. The van der Waals surface area contributed by atoms with Gasteiger partial charge in [-0.3, -0.25) is 0 Å². The van der Waals surface area contributed by atoms with Crippen LogP contribution in [0.25, 0.3) is 0 Å². The van der Waals surface area contributed by atoms with Gasteiger partial charge in [-0.25, -0.2) is 0 Å². The van der Waals surface area contributed by atoms with Gasteiger partial charge in [-0.1, -0.05) is 19.1 Å². The molecule has 0 bridgehead atoms. The van der Waals surface area contributed by atoms with Crippen molar-refractivity contribution in [3.05, 3.63) is 12.2 Å². The molecule has 1 nitrogen and oxygen atoms in total. The summed E-state index contributed by atoms with van der Waals surface area (Å²) in [6.45, 7) is 3.43. The lowest BCUT2D eigenvalue weighted by Crippen LogP contribution is -2.30. The van der Waals surface area contributed by atoms with E-state index in [1.807, 2.05) is 11.8 Å². The molecule has 76 valence electrons. The fourth-order valence-corrected chi connectivity index (χ4v) is 2.24. The maximum Gasteiger partial charge on any atom is 0.0104 e. The summed E-state index contributed by atoms with van der Waals surface area (Å²) in [5.74, 6) is 2.57. The minimum Gasteiger partial charge on any atom is -0.314 e. The van der Waals surface area contributed by atoms with Crippen LogP contribution in [-0.2, 0) is 0 Å². The fourth-order valence-electron chi connectivity index (χ4n) is 1.60. The summed E-state index contributed by atoms with van der Waals surface area (Å²) in [6.07, 6.45) is 9.76. The van der Waals surface area contributed by atoms with Crippen LogP contribution < -0.4 is 5.32 Å². The molecule has 0 radical (unpaired) electrons. The molecular weight excluding hydrogens is 178 g/mol. The lowest BCUT2D eigenvalue weighted by atomic mass is 10.0. The number of rotatable bonds is 6. The van der Waals surface area contributed by atoms with Crippen LogP contribution in [0, 0.1) is 0 Å². The summed E-state index contributed by atoms with van der Waals surface area (Å²) in [6, 6.07) is 0.761. The molecule has 0 aromatic carbocycles. The average molecular weight is 199 g/mol. The van der Waals surface area contributed by atoms with Crippen molar-refractivity contribution in [3.8, 4) is 0 Å². The Kier molecular flexibility index (Phi) is 6.38. The summed E-state index contributed by atoms with van der Waals surface area (Å²) in [5.41, 5.74) is 0. The van der Waals surface area contributed by atoms with Crippen LogP contribution in [0.1, 0.15) is 32.6 Å². The van der Waals surface area contributed by atoms with E-state index < -0.39 is 0 Å². The van der Waals surface area contributed by atoms with E-state index in [1.165, 1.54) is 43.7 Å². The van der Waals surface area contributed by atoms with E-state index in [0.717, 1.165) is 6.04 Å². The van der Waals surface area contributed by atoms with Crippen LogP contribution in [0.15, 0.2) is 12.2 Å². The molecule has 0 amide bonds. The predicted molar refractivity (Wildman–Crippen MR) is 62.4 cm³/mol. The van der Waals surface area contributed by atoms with Crippen molar-refractivity contribution in [1.82, 2.24) is 5.32 Å². The zero-order valence-corrected chi connectivity index (χ0v) is 9.41. The molecule has 1 rings (SSSR count). The van der Waals surface area contributed by atoms with Crippen molar-refractivity contribution in [2.75, 3.05) is 18.1 Å². The maximum atomic E-state index is 3.62. The van der Waals surface area contributed by atoms with Crippen molar-refractivity contribution in [3.63, 3.8) is 0 Å². The molecule has 0 fully saturated rings. The Labute approximate surface area is 86.4 Å². The van der Waals surface area contributed by atoms with Crippen molar-refractivity contribution in [2.24, 2.45) is 0 Å². The molecule has 0 spiro atoms. The zero-order valence-electron chi connectivity index (χ0n) is 8.59. The molecule has 0 saturated carbocycles. The Morgan fingerprint density at radius 1 is 1.46 bits per heavy atom. The second kappa shape index (κ2) is 7.45. The number of hydrogen-bond donors (Lipinski definition) is 1. The first kappa shape index (κ1) is 11.1. The maximum absolute atomic E-state index is 3.62. The SMILES string of the molecule is CCSCCCNC1CC=CCC1. The molecule has 0 aromatic heterocycles. The Morgan fingerprint density at radius 2 is 2.38 bits per heavy atom. The normalized spacial score (nSPS) is 22.1. The van der Waals surface area contributed by atoms with Crippen LogP contribution in [0.5, 0.6) is 0 Å². The van der Waals surface area contributed by atoms with E-state index in [1.54, 1.807) is 0 Å². The molecule has 0 heterocycles. The van der Waals surface area contributed by atoms with Crippen LogP contribution in [0.3, 0.4) is 0 Å². The molecular formula is C11H21NS. The Hall–Kier alpha value is 0.0500. The van der Waals surface area contributed by atoms with Crippen LogP contribution in [-0.4, -0.2) is 24.1 Å². The third-order valence-electron chi connectivity index (χ3n) is 2.37. The van der Waals surface area contributed by atoms with Crippen molar-refractivity contribution < 1.29 is 0 Å². The minimum atomic E-state index is 0.761. The highest BCUT2D eigenvalue weighted by atomic mass is 32.2. The van der Waals surface area contributed by atoms with Crippen molar-refractivity contribution >= 4 is 11.8 Å². The molecule has 13 heavy (non-hydrogen) atoms. The number of allylic oxidation sites excluding steroid dienone is 1. The Bertz CT molecular complexity index is 145. The third kappa shape index (κ3) is 5.37. The van der Waals surface area contributed by atoms with E-state index >= 15 is 0 Å². The van der Waals surface area contributed by atoms with E-state index in [9.17, 15) is 0 Å². The van der Waals surface area contributed by atoms with Gasteiger partial charge in [-0.15, -0.1) is 0 Å². The van der Waals surface area contributed by atoms with Crippen molar-refractivity contribution in [1.29, 1.82) is 0 Å². The molecule has 0 aliphatic heterocycles. The van der Waals surface area contributed by atoms with Gasteiger partial charge >= 0.3 is 0 Å². The summed E-state index contributed by atoms with van der Waals surface area (Å²) < 4.78 is 0. The summed E-state index contributed by atoms with van der Waals surface area (Å²) >= 11 is 2.04. The summed E-state index contributed by atoms with van der Waals surface area (Å²) in [5, 5.41) is 3.62. The van der Waals surface area contributed by atoms with Gasteiger partial charge in [0.25, 0.3) is 0 Å². The number of nitrogens with one attached hydrogen (secondary N) is 1. The third-order valence-corrected chi connectivity index (χ3v) is 3.36. The predicted octanol–water partition coefficient (Wildman–Crippen LogP) is 2.83. The van der Waals surface area contributed by atoms with Crippen LogP contribution in [0.4, 0.5) is 0 Å². The first-order valence-corrected chi connectivity index (χ1v) is 6.55.